The van der Waals surface area contributed by atoms with Gasteiger partial charge in [-0.25, -0.2) is 0 Å². The Labute approximate surface area is 136 Å². The molecule has 1 aliphatic rings. The third-order valence-electron chi connectivity index (χ3n) is 4.14. The third kappa shape index (κ3) is 3.35. The zero-order valence-electron chi connectivity index (χ0n) is 13.6. The van der Waals surface area contributed by atoms with E-state index in [2.05, 4.69) is 23.1 Å². The van der Waals surface area contributed by atoms with Gasteiger partial charge in [0.15, 0.2) is 0 Å². The van der Waals surface area contributed by atoms with Gasteiger partial charge in [-0.2, -0.15) is 5.10 Å². The lowest BCUT2D eigenvalue weighted by Gasteiger charge is -2.21. The van der Waals surface area contributed by atoms with Crippen LogP contribution in [0.3, 0.4) is 0 Å². The van der Waals surface area contributed by atoms with E-state index in [0.717, 1.165) is 31.0 Å². The summed E-state index contributed by atoms with van der Waals surface area (Å²) in [7, 11) is 2.08. The number of benzene rings is 1. The Morgan fingerprint density at radius 3 is 2.91 bits per heavy atom. The molecule has 0 aliphatic carbocycles. The lowest BCUT2D eigenvalue weighted by molar-refractivity contribution is -0.114. The Balaban J connectivity index is 1.84. The molecule has 1 aromatic carbocycles. The maximum Gasteiger partial charge on any atom is 0.251 e. The highest BCUT2D eigenvalue weighted by atomic mass is 16.2. The van der Waals surface area contributed by atoms with Crippen LogP contribution in [0, 0.1) is 0 Å². The van der Waals surface area contributed by atoms with Crippen molar-refractivity contribution in [3.05, 3.63) is 53.9 Å². The number of rotatable bonds is 3. The van der Waals surface area contributed by atoms with Gasteiger partial charge < -0.3 is 9.80 Å². The summed E-state index contributed by atoms with van der Waals surface area (Å²) in [6.07, 6.45) is 5.24. The van der Waals surface area contributed by atoms with Gasteiger partial charge in [0.05, 0.1) is 5.69 Å². The number of amides is 1. The molecule has 1 aromatic heterocycles. The van der Waals surface area contributed by atoms with Gasteiger partial charge in [0.2, 0.25) is 0 Å². The van der Waals surface area contributed by atoms with E-state index < -0.39 is 0 Å². The van der Waals surface area contributed by atoms with Crippen LogP contribution in [0.1, 0.15) is 18.2 Å². The quantitative estimate of drug-likeness (QED) is 0.818. The Kier molecular flexibility index (Phi) is 4.57. The molecule has 23 heavy (non-hydrogen) atoms. The van der Waals surface area contributed by atoms with Crippen LogP contribution in [0.4, 0.5) is 5.69 Å². The minimum absolute atomic E-state index is 0.0107. The Bertz CT molecular complexity index is 719. The van der Waals surface area contributed by atoms with E-state index in [9.17, 15) is 4.79 Å². The van der Waals surface area contributed by atoms with Crippen molar-refractivity contribution in [2.24, 2.45) is 0 Å². The molecule has 0 bridgehead atoms. The predicted molar refractivity (Wildman–Crippen MR) is 92.1 cm³/mol. The van der Waals surface area contributed by atoms with E-state index in [1.807, 2.05) is 46.8 Å². The van der Waals surface area contributed by atoms with Crippen molar-refractivity contribution in [2.75, 3.05) is 25.0 Å². The van der Waals surface area contributed by atoms with Gasteiger partial charge in [0, 0.05) is 44.1 Å². The van der Waals surface area contributed by atoms with Crippen LogP contribution in [0.5, 0.6) is 0 Å². The van der Waals surface area contributed by atoms with E-state index in [-0.39, 0.29) is 5.91 Å². The molecule has 0 saturated carbocycles. The second-order valence-electron chi connectivity index (χ2n) is 5.76. The molecular weight excluding hydrogens is 288 g/mol. The molecule has 0 saturated heterocycles. The maximum atomic E-state index is 12.7. The van der Waals surface area contributed by atoms with Gasteiger partial charge in [0.1, 0.15) is 0 Å². The van der Waals surface area contributed by atoms with Gasteiger partial charge >= 0.3 is 0 Å². The van der Waals surface area contributed by atoms with Gasteiger partial charge in [-0.15, -0.1) is 0 Å². The lowest BCUT2D eigenvalue weighted by Crippen LogP contribution is -2.33. The molecule has 0 atom stereocenters. The zero-order chi connectivity index (χ0) is 16.2. The van der Waals surface area contributed by atoms with Crippen molar-refractivity contribution in [1.29, 1.82) is 0 Å². The van der Waals surface area contributed by atoms with Crippen LogP contribution >= 0.6 is 0 Å². The number of fused-ring (bicyclic) bond motifs is 1. The van der Waals surface area contributed by atoms with Crippen LogP contribution in [0.2, 0.25) is 0 Å². The summed E-state index contributed by atoms with van der Waals surface area (Å²) in [6, 6.07) is 10.0. The molecule has 0 radical (unpaired) electrons. The number of aryl methyl sites for hydroxylation is 1. The Hall–Kier alpha value is -2.40. The number of likely N-dealkylation sites (N-methyl/N-ethyl adjacent to an activating group) is 1. The van der Waals surface area contributed by atoms with Crippen molar-refractivity contribution >= 4 is 17.7 Å². The Morgan fingerprint density at radius 1 is 1.26 bits per heavy atom. The van der Waals surface area contributed by atoms with Crippen molar-refractivity contribution in [3.63, 3.8) is 0 Å². The first-order chi connectivity index (χ1) is 11.2. The molecule has 0 N–H and O–H groups in total. The average molecular weight is 310 g/mol. The van der Waals surface area contributed by atoms with Crippen LogP contribution < -0.4 is 4.90 Å². The summed E-state index contributed by atoms with van der Waals surface area (Å²) in [4.78, 5) is 16.8. The largest absolute Gasteiger partial charge is 0.307 e. The number of anilines is 1. The van der Waals surface area contributed by atoms with E-state index >= 15 is 0 Å². The molecule has 0 fully saturated rings. The normalized spacial score (nSPS) is 15.7. The summed E-state index contributed by atoms with van der Waals surface area (Å²) in [5, 5.41) is 4.22. The summed E-state index contributed by atoms with van der Waals surface area (Å²) in [6.45, 7) is 5.25. The maximum absolute atomic E-state index is 12.7. The second kappa shape index (κ2) is 6.79. The second-order valence-corrected chi connectivity index (χ2v) is 5.76. The molecule has 2 aromatic rings. The number of hydrogen-bond donors (Lipinski definition) is 0. The molecule has 0 unspecified atom stereocenters. The minimum Gasteiger partial charge on any atom is -0.307 e. The number of carbonyl (C=O) groups excluding carboxylic acids is 1. The van der Waals surface area contributed by atoms with Crippen molar-refractivity contribution in [3.8, 4) is 0 Å². The molecule has 2 heterocycles. The monoisotopic (exact) mass is 310 g/mol. The summed E-state index contributed by atoms with van der Waals surface area (Å²) >= 11 is 0. The predicted octanol–water partition coefficient (Wildman–Crippen LogP) is 2.39. The molecule has 1 aliphatic heterocycles. The first kappa shape index (κ1) is 15.5. The van der Waals surface area contributed by atoms with Gasteiger partial charge in [-0.1, -0.05) is 18.2 Å². The molecule has 5 heteroatoms. The van der Waals surface area contributed by atoms with Crippen LogP contribution in [-0.2, 0) is 17.9 Å². The highest BCUT2D eigenvalue weighted by Gasteiger charge is 2.21. The van der Waals surface area contributed by atoms with Crippen molar-refractivity contribution < 1.29 is 4.79 Å². The van der Waals surface area contributed by atoms with E-state index in [0.29, 0.717) is 6.54 Å². The van der Waals surface area contributed by atoms with E-state index in [4.69, 9.17) is 0 Å². The summed E-state index contributed by atoms with van der Waals surface area (Å²) in [5.41, 5.74) is 3.14. The van der Waals surface area contributed by atoms with E-state index in [1.54, 1.807) is 12.3 Å². The zero-order valence-corrected chi connectivity index (χ0v) is 13.6. The van der Waals surface area contributed by atoms with E-state index in [1.165, 1.54) is 5.56 Å². The number of aromatic nitrogens is 2. The highest BCUT2D eigenvalue weighted by Crippen LogP contribution is 2.24. The van der Waals surface area contributed by atoms with Gasteiger partial charge in [0.25, 0.3) is 5.91 Å². The number of para-hydroxylation sites is 1. The number of nitrogens with zero attached hydrogens (tertiary/aromatic N) is 4. The molecular formula is C18H22N4O. The minimum atomic E-state index is 0.0107. The van der Waals surface area contributed by atoms with Crippen molar-refractivity contribution in [1.82, 2.24) is 14.7 Å². The average Bonchev–Trinajstić information content (AvgIpc) is 2.94. The molecule has 3 rings (SSSR count). The fraction of sp³-hybridized carbons (Fsp3) is 0.333. The lowest BCUT2D eigenvalue weighted by atomic mass is 10.1. The highest BCUT2D eigenvalue weighted by molar-refractivity contribution is 6.04. The SMILES string of the molecule is CCn1nccc1C=CC(=O)N1CCN(C)Cc2ccccc21. The first-order valence-corrected chi connectivity index (χ1v) is 7.97. The molecule has 120 valence electrons. The molecule has 5 nitrogen and oxygen atoms in total. The summed E-state index contributed by atoms with van der Waals surface area (Å²) in [5.74, 6) is 0.0107. The summed E-state index contributed by atoms with van der Waals surface area (Å²) < 4.78 is 1.87. The Morgan fingerprint density at radius 2 is 2.09 bits per heavy atom. The van der Waals surface area contributed by atoms with Crippen LogP contribution in [0.25, 0.3) is 6.08 Å². The number of hydrogen-bond acceptors (Lipinski definition) is 3. The smallest absolute Gasteiger partial charge is 0.251 e. The first-order valence-electron chi connectivity index (χ1n) is 7.97. The van der Waals surface area contributed by atoms with Crippen LogP contribution in [-0.4, -0.2) is 40.7 Å². The number of carbonyl (C=O) groups is 1. The van der Waals surface area contributed by atoms with Crippen LogP contribution in [0.15, 0.2) is 42.6 Å². The molecule has 0 spiro atoms. The van der Waals surface area contributed by atoms with Crippen molar-refractivity contribution in [2.45, 2.75) is 20.0 Å². The van der Waals surface area contributed by atoms with Gasteiger partial charge in [-0.3, -0.25) is 9.48 Å². The standard InChI is InChI=1S/C18H22N4O/c1-3-22-16(10-11-19-22)8-9-18(23)21-13-12-20(2)14-15-6-4-5-7-17(15)21/h4-11H,3,12-14H2,1-2H3. The third-order valence-corrected chi connectivity index (χ3v) is 4.14. The topological polar surface area (TPSA) is 41.4 Å². The molecule has 1 amide bonds. The fourth-order valence-electron chi connectivity index (χ4n) is 2.89. The van der Waals surface area contributed by atoms with Gasteiger partial charge in [-0.05, 0) is 37.7 Å². The fourth-order valence-corrected chi connectivity index (χ4v) is 2.89.